The molecule has 9 heavy (non-hydrogen) atoms. The minimum atomic E-state index is 0.656. The molecule has 0 aromatic heterocycles. The Kier molecular flexibility index (Phi) is 1.24. The van der Waals surface area contributed by atoms with Gasteiger partial charge in [-0.1, -0.05) is 0 Å². The number of hydrogen-bond acceptors (Lipinski definition) is 2. The van der Waals surface area contributed by atoms with Crippen LogP contribution in [0.25, 0.3) is 0 Å². The van der Waals surface area contributed by atoms with E-state index in [2.05, 4.69) is 5.32 Å². The fourth-order valence-corrected chi connectivity index (χ4v) is 2.23. The minimum Gasteiger partial charge on any atom is -0.329 e. The lowest BCUT2D eigenvalue weighted by molar-refractivity contribution is 0.388. The van der Waals surface area contributed by atoms with Crippen LogP contribution in [-0.4, -0.2) is 18.6 Å². The summed E-state index contributed by atoms with van der Waals surface area (Å²) < 4.78 is 0. The number of rotatable bonds is 1. The highest BCUT2D eigenvalue weighted by Gasteiger charge is 2.37. The van der Waals surface area contributed by atoms with Crippen LogP contribution in [0, 0.1) is 5.92 Å². The van der Waals surface area contributed by atoms with Crippen LogP contribution in [0.4, 0.5) is 0 Å². The number of nitrogens with two attached hydrogens (primary N) is 1. The van der Waals surface area contributed by atoms with E-state index in [9.17, 15) is 0 Å². The molecule has 3 unspecified atom stereocenters. The van der Waals surface area contributed by atoms with Crippen LogP contribution in [-0.2, 0) is 0 Å². The summed E-state index contributed by atoms with van der Waals surface area (Å²) in [6, 6.07) is 1.48. The Balaban J connectivity index is 2.01. The summed E-state index contributed by atoms with van der Waals surface area (Å²) in [4.78, 5) is 0. The number of hydrogen-bond donors (Lipinski definition) is 2. The van der Waals surface area contributed by atoms with Crippen LogP contribution >= 0.6 is 0 Å². The van der Waals surface area contributed by atoms with E-state index in [4.69, 9.17) is 5.73 Å². The monoisotopic (exact) mass is 126 g/mol. The van der Waals surface area contributed by atoms with E-state index in [1.54, 1.807) is 0 Å². The standard InChI is InChI=1S/C7H14N2/c8-4-7-5-1-2-6(3-5)9-7/h5-7,9H,1-4,8H2. The van der Waals surface area contributed by atoms with Crippen molar-refractivity contribution in [1.29, 1.82) is 0 Å². The summed E-state index contributed by atoms with van der Waals surface area (Å²) >= 11 is 0. The van der Waals surface area contributed by atoms with E-state index < -0.39 is 0 Å². The van der Waals surface area contributed by atoms with Gasteiger partial charge < -0.3 is 11.1 Å². The van der Waals surface area contributed by atoms with Crippen LogP contribution in [0.2, 0.25) is 0 Å². The number of piperidine rings is 1. The molecule has 3 N–H and O–H groups in total. The molecule has 1 aliphatic carbocycles. The molecule has 2 heteroatoms. The zero-order valence-corrected chi connectivity index (χ0v) is 5.64. The normalized spacial score (nSPS) is 48.3. The van der Waals surface area contributed by atoms with Gasteiger partial charge in [-0.3, -0.25) is 0 Å². The van der Waals surface area contributed by atoms with E-state index in [-0.39, 0.29) is 0 Å². The molecule has 2 nitrogen and oxygen atoms in total. The summed E-state index contributed by atoms with van der Waals surface area (Å²) in [5.74, 6) is 0.917. The van der Waals surface area contributed by atoms with Gasteiger partial charge in [0.15, 0.2) is 0 Å². The third kappa shape index (κ3) is 0.775. The van der Waals surface area contributed by atoms with Gasteiger partial charge in [-0.05, 0) is 25.2 Å². The van der Waals surface area contributed by atoms with Crippen LogP contribution in [0.15, 0.2) is 0 Å². The van der Waals surface area contributed by atoms with Crippen LogP contribution in [0.3, 0.4) is 0 Å². The summed E-state index contributed by atoms with van der Waals surface area (Å²) in [7, 11) is 0. The lowest BCUT2D eigenvalue weighted by atomic mass is 10.0. The van der Waals surface area contributed by atoms with E-state index in [0.29, 0.717) is 6.04 Å². The third-order valence-corrected chi connectivity index (χ3v) is 2.75. The van der Waals surface area contributed by atoms with Gasteiger partial charge in [0.05, 0.1) is 0 Å². The van der Waals surface area contributed by atoms with Crippen molar-refractivity contribution in [3.8, 4) is 0 Å². The maximum atomic E-state index is 5.56. The SMILES string of the molecule is NCC1NC2CCC1C2. The first-order valence-electron chi connectivity index (χ1n) is 3.86. The smallest absolute Gasteiger partial charge is 0.0221 e. The molecule has 1 aliphatic heterocycles. The van der Waals surface area contributed by atoms with Crippen LogP contribution in [0.5, 0.6) is 0 Å². The van der Waals surface area contributed by atoms with Crippen molar-refractivity contribution in [3.05, 3.63) is 0 Å². The van der Waals surface area contributed by atoms with E-state index in [1.165, 1.54) is 19.3 Å². The summed E-state index contributed by atoms with van der Waals surface area (Å²) in [6.45, 7) is 0.834. The molecular weight excluding hydrogens is 112 g/mol. The molecule has 2 rings (SSSR count). The molecule has 2 fully saturated rings. The molecule has 2 aliphatic rings. The Hall–Kier alpha value is -0.0800. The molecule has 2 bridgehead atoms. The van der Waals surface area contributed by atoms with Crippen molar-refractivity contribution in [3.63, 3.8) is 0 Å². The Bertz CT molecular complexity index is 113. The zero-order chi connectivity index (χ0) is 6.27. The summed E-state index contributed by atoms with van der Waals surface area (Å²) in [6.07, 6.45) is 4.20. The fraction of sp³-hybridized carbons (Fsp3) is 1.00. The largest absolute Gasteiger partial charge is 0.329 e. The Morgan fingerprint density at radius 3 is 2.67 bits per heavy atom. The Morgan fingerprint density at radius 1 is 1.44 bits per heavy atom. The Morgan fingerprint density at radius 2 is 2.33 bits per heavy atom. The first kappa shape index (κ1) is 5.69. The van der Waals surface area contributed by atoms with Gasteiger partial charge in [0.1, 0.15) is 0 Å². The van der Waals surface area contributed by atoms with Crippen molar-refractivity contribution in [2.45, 2.75) is 31.3 Å². The van der Waals surface area contributed by atoms with Crippen molar-refractivity contribution in [2.24, 2.45) is 11.7 Å². The zero-order valence-electron chi connectivity index (χ0n) is 5.64. The summed E-state index contributed by atoms with van der Waals surface area (Å²) in [5, 5.41) is 3.52. The van der Waals surface area contributed by atoms with Crippen molar-refractivity contribution >= 4 is 0 Å². The Labute approximate surface area is 55.8 Å². The second-order valence-electron chi connectivity index (χ2n) is 3.28. The quantitative estimate of drug-likeness (QED) is 0.522. The maximum Gasteiger partial charge on any atom is 0.0221 e. The van der Waals surface area contributed by atoms with Gasteiger partial charge in [-0.25, -0.2) is 0 Å². The lowest BCUT2D eigenvalue weighted by Crippen LogP contribution is -2.40. The average molecular weight is 126 g/mol. The molecule has 3 atom stereocenters. The molecule has 1 heterocycles. The first-order valence-corrected chi connectivity index (χ1v) is 3.86. The first-order chi connectivity index (χ1) is 4.40. The van der Waals surface area contributed by atoms with Crippen LogP contribution < -0.4 is 11.1 Å². The maximum absolute atomic E-state index is 5.56. The molecule has 1 saturated carbocycles. The predicted molar refractivity (Wildman–Crippen MR) is 37.1 cm³/mol. The molecule has 0 aromatic rings. The van der Waals surface area contributed by atoms with Gasteiger partial charge in [0, 0.05) is 18.6 Å². The van der Waals surface area contributed by atoms with E-state index in [1.807, 2.05) is 0 Å². The number of fused-ring (bicyclic) bond motifs is 2. The highest BCUT2D eigenvalue weighted by Crippen LogP contribution is 2.34. The second-order valence-corrected chi connectivity index (χ2v) is 3.28. The van der Waals surface area contributed by atoms with Gasteiger partial charge >= 0.3 is 0 Å². The van der Waals surface area contributed by atoms with E-state index in [0.717, 1.165) is 18.5 Å². The minimum absolute atomic E-state index is 0.656. The molecule has 0 radical (unpaired) electrons. The highest BCUT2D eigenvalue weighted by molar-refractivity contribution is 4.96. The van der Waals surface area contributed by atoms with Crippen molar-refractivity contribution in [1.82, 2.24) is 5.32 Å². The second kappa shape index (κ2) is 1.96. The third-order valence-electron chi connectivity index (χ3n) is 2.75. The molecule has 1 saturated heterocycles. The summed E-state index contributed by atoms with van der Waals surface area (Å²) in [5.41, 5.74) is 5.56. The predicted octanol–water partition coefficient (Wildman–Crippen LogP) is 0.0856. The molecular formula is C7H14N2. The molecule has 0 amide bonds. The lowest BCUT2D eigenvalue weighted by Gasteiger charge is -2.20. The topological polar surface area (TPSA) is 38.0 Å². The van der Waals surface area contributed by atoms with Gasteiger partial charge in [0.25, 0.3) is 0 Å². The average Bonchev–Trinajstić information content (AvgIpc) is 2.45. The van der Waals surface area contributed by atoms with Gasteiger partial charge in [-0.2, -0.15) is 0 Å². The van der Waals surface area contributed by atoms with E-state index >= 15 is 0 Å². The molecule has 0 aromatic carbocycles. The highest BCUT2D eigenvalue weighted by atomic mass is 15.0. The molecule has 0 spiro atoms. The number of nitrogens with one attached hydrogen (secondary N) is 1. The van der Waals surface area contributed by atoms with Crippen LogP contribution in [0.1, 0.15) is 19.3 Å². The van der Waals surface area contributed by atoms with Gasteiger partial charge in [-0.15, -0.1) is 0 Å². The molecule has 52 valence electrons. The van der Waals surface area contributed by atoms with Crippen molar-refractivity contribution in [2.75, 3.05) is 6.54 Å². The fourth-order valence-electron chi connectivity index (χ4n) is 2.23. The van der Waals surface area contributed by atoms with Crippen molar-refractivity contribution < 1.29 is 0 Å². The van der Waals surface area contributed by atoms with Gasteiger partial charge in [0.2, 0.25) is 0 Å².